The summed E-state index contributed by atoms with van der Waals surface area (Å²) in [7, 11) is 4.82. The van der Waals surface area contributed by atoms with Crippen LogP contribution in [0.15, 0.2) is 65.5 Å². The number of hydrogen-bond acceptors (Lipinski definition) is 5. The van der Waals surface area contributed by atoms with E-state index in [9.17, 15) is 9.59 Å². The fourth-order valence-electron chi connectivity index (χ4n) is 2.91. The maximum atomic E-state index is 12.6. The van der Waals surface area contributed by atoms with Gasteiger partial charge in [0.2, 0.25) is 5.91 Å². The van der Waals surface area contributed by atoms with E-state index in [0.717, 1.165) is 11.1 Å². The van der Waals surface area contributed by atoms with E-state index in [1.165, 1.54) is 10.7 Å². The minimum Gasteiger partial charge on any atom is -0.493 e. The van der Waals surface area contributed by atoms with Crippen molar-refractivity contribution in [3.8, 4) is 22.8 Å². The van der Waals surface area contributed by atoms with Crippen LogP contribution < -0.4 is 15.0 Å². The number of nitrogens with zero attached hydrogens (tertiary/aromatic N) is 3. The Labute approximate surface area is 169 Å². The minimum atomic E-state index is -0.337. The number of likely N-dealkylation sites (N-methyl/N-ethyl adjacent to an activating group) is 1. The lowest BCUT2D eigenvalue weighted by Gasteiger charge is -2.18. The molecule has 0 atom stereocenters. The van der Waals surface area contributed by atoms with E-state index in [4.69, 9.17) is 9.47 Å². The van der Waals surface area contributed by atoms with Crippen molar-refractivity contribution in [2.45, 2.75) is 13.1 Å². The van der Waals surface area contributed by atoms with Crippen molar-refractivity contribution < 1.29 is 14.3 Å². The van der Waals surface area contributed by atoms with E-state index in [1.807, 2.05) is 36.4 Å². The zero-order valence-corrected chi connectivity index (χ0v) is 16.7. The van der Waals surface area contributed by atoms with Crippen LogP contribution in [0.25, 0.3) is 11.3 Å². The Hall–Kier alpha value is -3.61. The molecule has 0 radical (unpaired) electrons. The molecule has 1 heterocycles. The van der Waals surface area contributed by atoms with Gasteiger partial charge in [0, 0.05) is 25.2 Å². The number of ether oxygens (including phenoxy) is 2. The number of benzene rings is 2. The van der Waals surface area contributed by atoms with Gasteiger partial charge in [-0.3, -0.25) is 9.59 Å². The first-order chi connectivity index (χ1) is 14.0. The molecule has 0 bridgehead atoms. The van der Waals surface area contributed by atoms with Crippen LogP contribution in [0.1, 0.15) is 5.56 Å². The lowest BCUT2D eigenvalue weighted by atomic mass is 10.1. The summed E-state index contributed by atoms with van der Waals surface area (Å²) >= 11 is 0. The number of hydrogen-bond donors (Lipinski definition) is 0. The monoisotopic (exact) mass is 393 g/mol. The molecule has 3 rings (SSSR count). The molecule has 150 valence electrons. The Kier molecular flexibility index (Phi) is 6.29. The largest absolute Gasteiger partial charge is 0.493 e. The highest BCUT2D eigenvalue weighted by molar-refractivity contribution is 5.75. The zero-order valence-electron chi connectivity index (χ0n) is 16.7. The molecule has 0 N–H and O–H groups in total. The fourth-order valence-corrected chi connectivity index (χ4v) is 2.91. The molecule has 7 nitrogen and oxygen atoms in total. The topological polar surface area (TPSA) is 73.7 Å². The van der Waals surface area contributed by atoms with E-state index in [1.54, 1.807) is 44.4 Å². The van der Waals surface area contributed by atoms with Crippen LogP contribution >= 0.6 is 0 Å². The van der Waals surface area contributed by atoms with Gasteiger partial charge in [0.05, 0.1) is 19.9 Å². The molecule has 1 aromatic heterocycles. The van der Waals surface area contributed by atoms with Gasteiger partial charge >= 0.3 is 0 Å². The summed E-state index contributed by atoms with van der Waals surface area (Å²) in [5, 5.41) is 4.36. The third-order valence-corrected chi connectivity index (χ3v) is 4.52. The summed E-state index contributed by atoms with van der Waals surface area (Å²) in [6.45, 7) is 0.326. The van der Waals surface area contributed by atoms with Gasteiger partial charge in [-0.05, 0) is 29.8 Å². The number of methoxy groups -OCH3 is 2. The van der Waals surface area contributed by atoms with Gasteiger partial charge in [-0.2, -0.15) is 5.10 Å². The molecule has 0 unspecified atom stereocenters. The lowest BCUT2D eigenvalue weighted by molar-refractivity contribution is -0.131. The predicted octanol–water partition coefficient (Wildman–Crippen LogP) is 2.59. The van der Waals surface area contributed by atoms with Crippen LogP contribution in [0.5, 0.6) is 11.5 Å². The number of carbonyl (C=O) groups is 1. The van der Waals surface area contributed by atoms with E-state index < -0.39 is 0 Å². The molecular weight excluding hydrogens is 370 g/mol. The molecule has 29 heavy (non-hydrogen) atoms. The normalized spacial score (nSPS) is 10.4. The zero-order chi connectivity index (χ0) is 20.8. The molecule has 7 heteroatoms. The standard InChI is InChI=1S/C22H23N3O4/c1-24(14-16-7-5-4-6-8-16)22(27)15-25-21(26)12-10-18(23-25)17-9-11-19(28-2)20(13-17)29-3/h4-13H,14-15H2,1-3H3. The molecule has 0 spiro atoms. The lowest BCUT2D eigenvalue weighted by Crippen LogP contribution is -2.34. The van der Waals surface area contributed by atoms with Gasteiger partial charge in [-0.1, -0.05) is 30.3 Å². The van der Waals surface area contributed by atoms with Crippen molar-refractivity contribution in [3.63, 3.8) is 0 Å². The summed E-state index contributed by atoms with van der Waals surface area (Å²) in [5.41, 5.74) is 1.99. The molecule has 3 aromatic rings. The highest BCUT2D eigenvalue weighted by Gasteiger charge is 2.13. The second-order valence-electron chi connectivity index (χ2n) is 6.52. The van der Waals surface area contributed by atoms with Gasteiger partial charge in [-0.25, -0.2) is 4.68 Å². The third-order valence-electron chi connectivity index (χ3n) is 4.52. The summed E-state index contributed by atoms with van der Waals surface area (Å²) in [6, 6.07) is 18.1. The smallest absolute Gasteiger partial charge is 0.267 e. The Morgan fingerprint density at radius 2 is 1.72 bits per heavy atom. The SMILES string of the molecule is COc1ccc(-c2ccc(=O)n(CC(=O)N(C)Cc3ccccc3)n2)cc1OC. The van der Waals surface area contributed by atoms with Crippen LogP contribution in [-0.2, 0) is 17.9 Å². The molecule has 0 saturated heterocycles. The maximum absolute atomic E-state index is 12.6. The summed E-state index contributed by atoms with van der Waals surface area (Å²) in [4.78, 5) is 26.4. The predicted molar refractivity (Wildman–Crippen MR) is 110 cm³/mol. The average Bonchev–Trinajstić information content (AvgIpc) is 2.75. The summed E-state index contributed by atoms with van der Waals surface area (Å²) in [6.07, 6.45) is 0. The Morgan fingerprint density at radius 1 is 1.00 bits per heavy atom. The second-order valence-corrected chi connectivity index (χ2v) is 6.52. The first kappa shape index (κ1) is 20.1. The first-order valence-corrected chi connectivity index (χ1v) is 9.10. The number of amides is 1. The van der Waals surface area contributed by atoms with E-state index in [2.05, 4.69) is 5.10 Å². The van der Waals surface area contributed by atoms with Crippen LogP contribution in [0.4, 0.5) is 0 Å². The third kappa shape index (κ3) is 4.82. The fraction of sp³-hybridized carbons (Fsp3) is 0.227. The van der Waals surface area contributed by atoms with Gasteiger partial charge in [-0.15, -0.1) is 0 Å². The van der Waals surface area contributed by atoms with Crippen molar-refractivity contribution >= 4 is 5.91 Å². The Bertz CT molecular complexity index is 1050. The first-order valence-electron chi connectivity index (χ1n) is 9.10. The van der Waals surface area contributed by atoms with Crippen molar-refractivity contribution in [3.05, 3.63) is 76.6 Å². The van der Waals surface area contributed by atoms with Gasteiger partial charge in [0.15, 0.2) is 11.5 Å². The highest BCUT2D eigenvalue weighted by atomic mass is 16.5. The van der Waals surface area contributed by atoms with Crippen molar-refractivity contribution in [1.82, 2.24) is 14.7 Å². The van der Waals surface area contributed by atoms with Gasteiger partial charge in [0.1, 0.15) is 6.54 Å². The van der Waals surface area contributed by atoms with Crippen LogP contribution in [0, 0.1) is 0 Å². The van der Waals surface area contributed by atoms with Crippen molar-refractivity contribution in [1.29, 1.82) is 0 Å². The van der Waals surface area contributed by atoms with Crippen LogP contribution in [-0.4, -0.2) is 41.9 Å². The Balaban J connectivity index is 1.80. The summed E-state index contributed by atoms with van der Waals surface area (Å²) < 4.78 is 11.7. The number of rotatable bonds is 7. The Morgan fingerprint density at radius 3 is 2.41 bits per heavy atom. The number of carbonyl (C=O) groups excluding carboxylic acids is 1. The molecule has 0 aliphatic heterocycles. The van der Waals surface area contributed by atoms with E-state index >= 15 is 0 Å². The van der Waals surface area contributed by atoms with E-state index in [0.29, 0.717) is 23.7 Å². The van der Waals surface area contributed by atoms with Crippen molar-refractivity contribution in [2.75, 3.05) is 21.3 Å². The van der Waals surface area contributed by atoms with Crippen LogP contribution in [0.3, 0.4) is 0 Å². The molecule has 2 aromatic carbocycles. The molecule has 0 aliphatic carbocycles. The molecule has 0 fully saturated rings. The molecule has 0 saturated carbocycles. The summed E-state index contributed by atoms with van der Waals surface area (Å²) in [5.74, 6) is 0.957. The average molecular weight is 393 g/mol. The minimum absolute atomic E-state index is 0.136. The molecular formula is C22H23N3O4. The van der Waals surface area contributed by atoms with Crippen LogP contribution in [0.2, 0.25) is 0 Å². The van der Waals surface area contributed by atoms with Gasteiger partial charge in [0.25, 0.3) is 5.56 Å². The number of aromatic nitrogens is 2. The molecule has 1 amide bonds. The second kappa shape index (κ2) is 9.05. The van der Waals surface area contributed by atoms with Crippen molar-refractivity contribution in [2.24, 2.45) is 0 Å². The molecule has 0 aliphatic rings. The van der Waals surface area contributed by atoms with Gasteiger partial charge < -0.3 is 14.4 Å². The van der Waals surface area contributed by atoms with E-state index in [-0.39, 0.29) is 18.0 Å². The quantitative estimate of drug-likeness (QED) is 0.617. The highest BCUT2D eigenvalue weighted by Crippen LogP contribution is 2.31. The maximum Gasteiger partial charge on any atom is 0.267 e.